The fourth-order valence-corrected chi connectivity index (χ4v) is 3.71. The van der Waals surface area contributed by atoms with Gasteiger partial charge in [-0.15, -0.1) is 0 Å². The van der Waals surface area contributed by atoms with Crippen molar-refractivity contribution < 1.29 is 18.4 Å². The molecule has 168 valence electrons. The summed E-state index contributed by atoms with van der Waals surface area (Å²) in [6.45, 7) is 1.84. The average Bonchev–Trinajstić information content (AvgIpc) is 3.49. The molecule has 7 heteroatoms. The number of hydrogen-bond acceptors (Lipinski definition) is 4. The molecule has 0 fully saturated rings. The van der Waals surface area contributed by atoms with Gasteiger partial charge in [-0.05, 0) is 79.2 Å². The molecule has 2 heterocycles. The number of carbonyl (C=O) groups excluding carboxylic acids is 2. The predicted molar refractivity (Wildman–Crippen MR) is 132 cm³/mol. The molecule has 2 N–H and O–H groups in total. The first-order valence-corrected chi connectivity index (χ1v) is 10.9. The van der Waals surface area contributed by atoms with E-state index in [1.54, 1.807) is 48.5 Å². The van der Waals surface area contributed by atoms with Crippen molar-refractivity contribution in [1.29, 1.82) is 0 Å². The zero-order valence-corrected chi connectivity index (χ0v) is 18.8. The molecule has 0 saturated heterocycles. The maximum Gasteiger partial charge on any atom is 0.291 e. The summed E-state index contributed by atoms with van der Waals surface area (Å²) in [7, 11) is 0. The second-order valence-corrected chi connectivity index (χ2v) is 8.19. The zero-order valence-electron chi connectivity index (χ0n) is 18.1. The van der Waals surface area contributed by atoms with Crippen LogP contribution in [0.5, 0.6) is 0 Å². The van der Waals surface area contributed by atoms with Crippen molar-refractivity contribution in [2.75, 3.05) is 10.6 Å². The Hall–Kier alpha value is -4.29. The Morgan fingerprint density at radius 3 is 2.29 bits per heavy atom. The Kier molecular flexibility index (Phi) is 5.65. The Morgan fingerprint density at radius 2 is 1.53 bits per heavy atom. The van der Waals surface area contributed by atoms with Gasteiger partial charge >= 0.3 is 0 Å². The van der Waals surface area contributed by atoms with Crippen LogP contribution < -0.4 is 10.6 Å². The van der Waals surface area contributed by atoms with E-state index < -0.39 is 0 Å². The average molecular weight is 471 g/mol. The Labute approximate surface area is 200 Å². The summed E-state index contributed by atoms with van der Waals surface area (Å²) in [5.74, 6) is 0.263. The highest BCUT2D eigenvalue weighted by Gasteiger charge is 2.15. The highest BCUT2D eigenvalue weighted by Crippen LogP contribution is 2.26. The molecule has 0 bridgehead atoms. The largest absolute Gasteiger partial charge is 0.451 e. The molecule has 2 amide bonds. The van der Waals surface area contributed by atoms with Crippen molar-refractivity contribution in [1.82, 2.24) is 0 Å². The van der Waals surface area contributed by atoms with Crippen molar-refractivity contribution >= 4 is 45.8 Å². The van der Waals surface area contributed by atoms with Crippen LogP contribution in [0.25, 0.3) is 22.3 Å². The van der Waals surface area contributed by atoms with Crippen molar-refractivity contribution in [2.24, 2.45) is 0 Å². The number of rotatable bonds is 5. The van der Waals surface area contributed by atoms with E-state index in [0.717, 1.165) is 16.5 Å². The number of fused-ring (bicyclic) bond motifs is 1. The minimum atomic E-state index is -0.376. The summed E-state index contributed by atoms with van der Waals surface area (Å²) in [5, 5.41) is 7.16. The molecular weight excluding hydrogens is 452 g/mol. The molecule has 0 saturated carbocycles. The van der Waals surface area contributed by atoms with Gasteiger partial charge in [0, 0.05) is 27.3 Å². The van der Waals surface area contributed by atoms with Crippen molar-refractivity contribution in [3.63, 3.8) is 0 Å². The molecule has 5 rings (SSSR count). The molecule has 0 aliphatic rings. The Balaban J connectivity index is 1.27. The third kappa shape index (κ3) is 4.44. The topological polar surface area (TPSA) is 84.5 Å². The van der Waals surface area contributed by atoms with Gasteiger partial charge in [0.2, 0.25) is 0 Å². The van der Waals surface area contributed by atoms with E-state index >= 15 is 0 Å². The van der Waals surface area contributed by atoms with Crippen LogP contribution in [-0.4, -0.2) is 11.8 Å². The number of aryl methyl sites for hydroxylation is 1. The molecule has 0 atom stereocenters. The van der Waals surface area contributed by atoms with Gasteiger partial charge in [-0.1, -0.05) is 29.8 Å². The number of halogens is 1. The standard InChI is InChI=1S/C27H19ClN2O4/c1-16-14-20(29-26(31)24-13-12-23(33-24)17-6-8-19(28)9-7-17)10-11-21(16)30-27(32)25-15-18-4-2-3-5-22(18)34-25/h2-15H,1H3,(H,29,31)(H,30,32). The number of nitrogens with one attached hydrogen (secondary N) is 2. The van der Waals surface area contributed by atoms with E-state index in [0.29, 0.717) is 27.7 Å². The lowest BCUT2D eigenvalue weighted by molar-refractivity contribution is 0.0990. The minimum Gasteiger partial charge on any atom is -0.451 e. The molecule has 6 nitrogen and oxygen atoms in total. The SMILES string of the molecule is Cc1cc(NC(=O)c2ccc(-c3ccc(Cl)cc3)o2)ccc1NC(=O)c1cc2ccccc2o1. The van der Waals surface area contributed by atoms with E-state index in [-0.39, 0.29) is 23.3 Å². The Morgan fingerprint density at radius 1 is 0.765 bits per heavy atom. The summed E-state index contributed by atoms with van der Waals surface area (Å²) < 4.78 is 11.3. The monoisotopic (exact) mass is 470 g/mol. The van der Waals surface area contributed by atoms with Gasteiger partial charge in [0.25, 0.3) is 11.8 Å². The maximum atomic E-state index is 12.6. The van der Waals surface area contributed by atoms with Gasteiger partial charge in [-0.2, -0.15) is 0 Å². The summed E-state index contributed by atoms with van der Waals surface area (Å²) in [4.78, 5) is 25.3. The Bertz CT molecular complexity index is 1480. The van der Waals surface area contributed by atoms with Crippen LogP contribution in [0.2, 0.25) is 5.02 Å². The maximum absolute atomic E-state index is 12.6. The van der Waals surface area contributed by atoms with Gasteiger partial charge in [0.1, 0.15) is 11.3 Å². The lowest BCUT2D eigenvalue weighted by Crippen LogP contribution is -2.13. The van der Waals surface area contributed by atoms with Crippen LogP contribution in [0.4, 0.5) is 11.4 Å². The first-order chi connectivity index (χ1) is 16.5. The van der Waals surface area contributed by atoms with Crippen LogP contribution in [0.15, 0.2) is 93.8 Å². The van der Waals surface area contributed by atoms with E-state index in [1.165, 1.54) is 0 Å². The number of benzene rings is 3. The van der Waals surface area contributed by atoms with Crippen molar-refractivity contribution in [3.8, 4) is 11.3 Å². The number of hydrogen-bond donors (Lipinski definition) is 2. The third-order valence-electron chi connectivity index (χ3n) is 5.34. The lowest BCUT2D eigenvalue weighted by Gasteiger charge is -2.10. The highest BCUT2D eigenvalue weighted by molar-refractivity contribution is 6.30. The van der Waals surface area contributed by atoms with Gasteiger partial charge in [0.05, 0.1) is 0 Å². The van der Waals surface area contributed by atoms with Gasteiger partial charge < -0.3 is 19.5 Å². The van der Waals surface area contributed by atoms with Crippen molar-refractivity contribution in [2.45, 2.75) is 6.92 Å². The summed E-state index contributed by atoms with van der Waals surface area (Å²) >= 11 is 5.92. The van der Waals surface area contributed by atoms with Crippen LogP contribution in [0, 0.1) is 6.92 Å². The summed E-state index contributed by atoms with van der Waals surface area (Å²) in [5.41, 5.74) is 3.45. The van der Waals surface area contributed by atoms with Crippen molar-refractivity contribution in [3.05, 3.63) is 107 Å². The number of furan rings is 2. The molecule has 0 aliphatic heterocycles. The number of para-hydroxylation sites is 1. The number of anilines is 2. The van der Waals surface area contributed by atoms with Crippen LogP contribution in [0.3, 0.4) is 0 Å². The first kappa shape index (κ1) is 21.6. The van der Waals surface area contributed by atoms with Gasteiger partial charge in [-0.25, -0.2) is 0 Å². The van der Waals surface area contributed by atoms with E-state index in [2.05, 4.69) is 10.6 Å². The van der Waals surface area contributed by atoms with Gasteiger partial charge in [0.15, 0.2) is 11.5 Å². The third-order valence-corrected chi connectivity index (χ3v) is 5.59. The van der Waals surface area contributed by atoms with E-state index in [1.807, 2.05) is 43.3 Å². The van der Waals surface area contributed by atoms with E-state index in [9.17, 15) is 9.59 Å². The number of carbonyl (C=O) groups is 2. The molecule has 0 spiro atoms. The van der Waals surface area contributed by atoms with Crippen LogP contribution in [0.1, 0.15) is 26.7 Å². The first-order valence-electron chi connectivity index (χ1n) is 10.5. The minimum absolute atomic E-state index is 0.185. The van der Waals surface area contributed by atoms with Crippen LogP contribution >= 0.6 is 11.6 Å². The summed E-state index contributed by atoms with van der Waals surface area (Å²) in [6.07, 6.45) is 0. The summed E-state index contributed by atoms with van der Waals surface area (Å²) in [6, 6.07) is 24.9. The quantitative estimate of drug-likeness (QED) is 0.285. The van der Waals surface area contributed by atoms with E-state index in [4.69, 9.17) is 20.4 Å². The lowest BCUT2D eigenvalue weighted by atomic mass is 10.1. The zero-order chi connectivity index (χ0) is 23.7. The molecule has 3 aromatic carbocycles. The normalized spacial score (nSPS) is 10.9. The molecule has 34 heavy (non-hydrogen) atoms. The second-order valence-electron chi connectivity index (χ2n) is 7.76. The van der Waals surface area contributed by atoms with Gasteiger partial charge in [-0.3, -0.25) is 9.59 Å². The fourth-order valence-electron chi connectivity index (χ4n) is 3.58. The second kappa shape index (κ2) is 8.92. The van der Waals surface area contributed by atoms with Crippen LogP contribution in [-0.2, 0) is 0 Å². The fraction of sp³-hybridized carbons (Fsp3) is 0.0370. The predicted octanol–water partition coefficient (Wildman–Crippen LogP) is 7.16. The molecule has 5 aromatic rings. The molecule has 0 radical (unpaired) electrons. The smallest absolute Gasteiger partial charge is 0.291 e. The molecule has 0 aliphatic carbocycles. The molecule has 0 unspecified atom stereocenters. The highest BCUT2D eigenvalue weighted by atomic mass is 35.5. The molecular formula is C27H19ClN2O4. The molecule has 2 aromatic heterocycles. The number of amides is 2.